The van der Waals surface area contributed by atoms with Gasteiger partial charge >= 0.3 is 6.18 Å². The van der Waals surface area contributed by atoms with E-state index in [-0.39, 0.29) is 31.4 Å². The summed E-state index contributed by atoms with van der Waals surface area (Å²) in [5, 5.41) is 11.4. The lowest BCUT2D eigenvalue weighted by atomic mass is 9.81. The molecule has 0 amide bonds. The molecule has 0 spiro atoms. The zero-order valence-corrected chi connectivity index (χ0v) is 23.3. The average Bonchev–Trinajstić information content (AvgIpc) is 3.14. The molecule has 1 aromatic carbocycles. The molecule has 37 heavy (non-hydrogen) atoms. The zero-order chi connectivity index (χ0) is 27.8. The van der Waals surface area contributed by atoms with Gasteiger partial charge < -0.3 is 19.4 Å². The fourth-order valence-electron chi connectivity index (χ4n) is 4.57. The summed E-state index contributed by atoms with van der Waals surface area (Å²) in [6.07, 6.45) is -2.79. The van der Waals surface area contributed by atoms with E-state index in [4.69, 9.17) is 25.8 Å². The molecule has 2 aliphatic rings. The average molecular weight is 569 g/mol. The van der Waals surface area contributed by atoms with E-state index in [9.17, 15) is 22.6 Å². The molecule has 0 bridgehead atoms. The van der Waals surface area contributed by atoms with Crippen molar-refractivity contribution in [1.82, 2.24) is 9.79 Å². The van der Waals surface area contributed by atoms with Gasteiger partial charge in [0.25, 0.3) is 0 Å². The minimum Gasteiger partial charge on any atom is -0.489 e. The standard InChI is InChI=1S/C25H36ClF3N2O5S/c1-7-10-34-20-13-17(25(27,28)29)18(26)12-16(20)22(30-37(33)23(2,3)4)15-8-9-31(32)19(11-15)21-14-35-24(5,6)36-21/h7,12-13,15,19,21-22,30,32H,1,8-11,14H2,2-6H3/t15?,19?,21-,22+,37?/m0/s1. The molecule has 5 atom stereocenters. The van der Waals surface area contributed by atoms with Crippen molar-refractivity contribution >= 4 is 22.6 Å². The Bertz CT molecular complexity index is 1000. The Kier molecular flexibility index (Phi) is 9.42. The molecule has 3 rings (SSSR count). The number of nitrogens with one attached hydrogen (secondary N) is 1. The lowest BCUT2D eigenvalue weighted by Crippen LogP contribution is -2.51. The Labute approximate surface area is 223 Å². The summed E-state index contributed by atoms with van der Waals surface area (Å²) >= 11 is 6.13. The predicted molar refractivity (Wildman–Crippen MR) is 136 cm³/mol. The highest BCUT2D eigenvalue weighted by molar-refractivity contribution is 7.84. The molecule has 7 nitrogen and oxygen atoms in total. The maximum atomic E-state index is 13.7. The highest BCUT2D eigenvalue weighted by atomic mass is 35.5. The highest BCUT2D eigenvalue weighted by Gasteiger charge is 2.45. The Hall–Kier alpha value is -1.21. The van der Waals surface area contributed by atoms with E-state index < -0.39 is 56.5 Å². The third kappa shape index (κ3) is 7.46. The normalized spacial score (nSPS) is 26.6. The van der Waals surface area contributed by atoms with Crippen molar-refractivity contribution in [2.45, 2.75) is 82.4 Å². The highest BCUT2D eigenvalue weighted by Crippen LogP contribution is 2.44. The van der Waals surface area contributed by atoms with E-state index in [1.165, 1.54) is 17.2 Å². The minimum atomic E-state index is -4.68. The fraction of sp³-hybridized carbons (Fsp3) is 0.680. The van der Waals surface area contributed by atoms with Crippen LogP contribution in [0, 0.1) is 5.92 Å². The molecular weight excluding hydrogens is 533 g/mol. The van der Waals surface area contributed by atoms with Crippen molar-refractivity contribution in [2.24, 2.45) is 5.92 Å². The summed E-state index contributed by atoms with van der Waals surface area (Å²) in [7, 11) is -1.57. The molecule has 2 heterocycles. The summed E-state index contributed by atoms with van der Waals surface area (Å²) < 4.78 is 74.0. The molecule has 0 saturated carbocycles. The summed E-state index contributed by atoms with van der Waals surface area (Å²) in [5.41, 5.74) is -0.661. The van der Waals surface area contributed by atoms with Gasteiger partial charge in [-0.25, -0.2) is 8.93 Å². The third-order valence-electron chi connectivity index (χ3n) is 6.47. The molecule has 1 aromatic rings. The molecule has 2 saturated heterocycles. The number of nitrogens with zero attached hydrogens (tertiary/aromatic N) is 1. The monoisotopic (exact) mass is 568 g/mol. The van der Waals surface area contributed by atoms with Crippen LogP contribution in [0.25, 0.3) is 0 Å². The Morgan fingerprint density at radius 1 is 1.38 bits per heavy atom. The number of halogens is 4. The van der Waals surface area contributed by atoms with E-state index in [0.717, 1.165) is 6.07 Å². The zero-order valence-electron chi connectivity index (χ0n) is 21.7. The van der Waals surface area contributed by atoms with Gasteiger partial charge in [-0.05, 0) is 65.5 Å². The maximum Gasteiger partial charge on any atom is 0.417 e. The number of hydrogen-bond acceptors (Lipinski definition) is 6. The first kappa shape index (κ1) is 30.3. The number of alkyl halides is 3. The van der Waals surface area contributed by atoms with Crippen molar-refractivity contribution in [3.63, 3.8) is 0 Å². The van der Waals surface area contributed by atoms with Crippen LogP contribution in [-0.2, 0) is 26.6 Å². The van der Waals surface area contributed by atoms with E-state index in [2.05, 4.69) is 11.3 Å². The van der Waals surface area contributed by atoms with Crippen LogP contribution in [-0.4, -0.2) is 56.9 Å². The SMILES string of the molecule is C=CCOc1cc(C(F)(F)F)c(Cl)cc1[C@H](NS(=O)C(C)(C)C)C1CCN(O)C([C@@H]2COC(C)(C)O2)C1. The van der Waals surface area contributed by atoms with Crippen molar-refractivity contribution in [2.75, 3.05) is 19.8 Å². The second-order valence-corrected chi connectivity index (χ2v) is 13.2. The van der Waals surface area contributed by atoms with Gasteiger partial charge in [0.05, 0.1) is 45.0 Å². The van der Waals surface area contributed by atoms with E-state index in [0.29, 0.717) is 18.4 Å². The van der Waals surface area contributed by atoms with Crippen LogP contribution in [0.3, 0.4) is 0 Å². The second-order valence-electron chi connectivity index (χ2n) is 10.8. The Balaban J connectivity index is 2.05. The van der Waals surface area contributed by atoms with Gasteiger partial charge in [0, 0.05) is 12.1 Å². The van der Waals surface area contributed by atoms with Crippen LogP contribution in [0.1, 0.15) is 64.6 Å². The molecule has 0 aromatic heterocycles. The summed E-state index contributed by atoms with van der Waals surface area (Å²) in [6, 6.07) is 0.991. The van der Waals surface area contributed by atoms with Gasteiger partial charge in [-0.1, -0.05) is 24.3 Å². The number of ether oxygens (including phenoxy) is 3. The number of benzene rings is 1. The lowest BCUT2D eigenvalue weighted by molar-refractivity contribution is -0.200. The van der Waals surface area contributed by atoms with Crippen LogP contribution >= 0.6 is 11.6 Å². The summed E-state index contributed by atoms with van der Waals surface area (Å²) in [5.74, 6) is -1.06. The fourth-order valence-corrected chi connectivity index (χ4v) is 5.76. The van der Waals surface area contributed by atoms with Gasteiger partial charge in [-0.15, -0.1) is 0 Å². The topological polar surface area (TPSA) is 80.3 Å². The first-order valence-electron chi connectivity index (χ1n) is 12.1. The van der Waals surface area contributed by atoms with Gasteiger partial charge in [0.1, 0.15) is 18.5 Å². The molecular formula is C25H36ClF3N2O5S. The number of hydrogen-bond donors (Lipinski definition) is 2. The molecule has 2 aliphatic heterocycles. The van der Waals surface area contributed by atoms with Crippen molar-refractivity contribution in [1.29, 1.82) is 0 Å². The quantitative estimate of drug-likeness (QED) is 0.395. The maximum absolute atomic E-state index is 13.7. The molecule has 3 unspecified atom stereocenters. The number of hydroxylamine groups is 2. The number of piperidine rings is 1. The molecule has 0 radical (unpaired) electrons. The van der Waals surface area contributed by atoms with Crippen molar-refractivity contribution in [3.05, 3.63) is 40.9 Å². The van der Waals surface area contributed by atoms with Gasteiger partial charge in [-0.2, -0.15) is 18.2 Å². The van der Waals surface area contributed by atoms with Crippen LogP contribution in [0.2, 0.25) is 5.02 Å². The Morgan fingerprint density at radius 3 is 2.59 bits per heavy atom. The summed E-state index contributed by atoms with van der Waals surface area (Å²) in [6.45, 7) is 13.1. The van der Waals surface area contributed by atoms with Crippen molar-refractivity contribution < 1.29 is 36.8 Å². The van der Waals surface area contributed by atoms with Crippen LogP contribution in [0.4, 0.5) is 13.2 Å². The summed E-state index contributed by atoms with van der Waals surface area (Å²) in [4.78, 5) is 0. The van der Waals surface area contributed by atoms with Gasteiger partial charge in [0.2, 0.25) is 0 Å². The minimum absolute atomic E-state index is 0.0235. The molecule has 0 aliphatic carbocycles. The third-order valence-corrected chi connectivity index (χ3v) is 8.37. The van der Waals surface area contributed by atoms with Crippen molar-refractivity contribution in [3.8, 4) is 5.75 Å². The molecule has 210 valence electrons. The van der Waals surface area contributed by atoms with Gasteiger partial charge in [-0.3, -0.25) is 0 Å². The van der Waals surface area contributed by atoms with E-state index >= 15 is 0 Å². The first-order chi connectivity index (χ1) is 17.0. The second kappa shape index (κ2) is 11.5. The van der Waals surface area contributed by atoms with Gasteiger partial charge in [0.15, 0.2) is 5.79 Å². The van der Waals surface area contributed by atoms with Crippen LogP contribution in [0.15, 0.2) is 24.8 Å². The van der Waals surface area contributed by atoms with E-state index in [1.807, 2.05) is 0 Å². The predicted octanol–water partition coefficient (Wildman–Crippen LogP) is 5.64. The molecule has 12 heteroatoms. The first-order valence-corrected chi connectivity index (χ1v) is 13.7. The largest absolute Gasteiger partial charge is 0.489 e. The van der Waals surface area contributed by atoms with E-state index in [1.54, 1.807) is 34.6 Å². The van der Waals surface area contributed by atoms with Crippen LogP contribution < -0.4 is 9.46 Å². The smallest absolute Gasteiger partial charge is 0.417 e. The van der Waals surface area contributed by atoms with Crippen LogP contribution in [0.5, 0.6) is 5.75 Å². The molecule has 2 N–H and O–H groups in total. The Morgan fingerprint density at radius 2 is 2.05 bits per heavy atom. The lowest BCUT2D eigenvalue weighted by Gasteiger charge is -2.41. The molecule has 2 fully saturated rings. The number of rotatable bonds is 8.